The lowest BCUT2D eigenvalue weighted by atomic mass is 10.1. The first-order chi connectivity index (χ1) is 63.8. The highest BCUT2D eigenvalue weighted by molar-refractivity contribution is 6.66. The van der Waals surface area contributed by atoms with Crippen molar-refractivity contribution in [3.8, 4) is 0 Å². The third kappa shape index (κ3) is 146. The molecule has 12 unspecified atom stereocenters. The summed E-state index contributed by atoms with van der Waals surface area (Å²) in [6.07, 6.45) is 10.5. The minimum absolute atomic E-state index is 0.0129. The zero-order chi connectivity index (χ0) is 108. The second kappa shape index (κ2) is 116. The normalized spacial score (nSPS) is 12.2. The maximum atomic E-state index is 11.0. The van der Waals surface area contributed by atoms with Crippen LogP contribution in [-0.4, -0.2) is 293 Å². The Kier molecular flexibility index (Phi) is 130. The first-order valence-corrected chi connectivity index (χ1v) is 78.6. The highest BCUT2D eigenvalue weighted by Gasteiger charge is 2.15. The maximum Gasteiger partial charge on any atom is 0.508 e. The largest absolute Gasteiger partial charge is 0.508 e. The molecule has 0 bridgehead atoms. The summed E-state index contributed by atoms with van der Waals surface area (Å²) in [4.78, 5) is 129. The predicted molar refractivity (Wildman–Crippen MR) is 590 cm³/mol. The van der Waals surface area contributed by atoms with Gasteiger partial charge in [0.15, 0.2) is 0 Å². The number of methoxy groups -OCH3 is 1. The molecule has 792 valence electrons. The van der Waals surface area contributed by atoms with Gasteiger partial charge in [-0.05, 0) is 58.3 Å². The lowest BCUT2D eigenvalue weighted by Crippen LogP contribution is -2.20. The van der Waals surface area contributed by atoms with Gasteiger partial charge in [-0.1, -0.05) is 168 Å². The van der Waals surface area contributed by atoms with Gasteiger partial charge in [-0.25, -0.2) is 28.8 Å². The van der Waals surface area contributed by atoms with E-state index in [1.165, 1.54) is 14.0 Å². The molecular formula is C94H188O30Si12. The molecule has 0 saturated heterocycles. The zero-order valence-corrected chi connectivity index (χ0v) is 103. The maximum absolute atomic E-state index is 11.0. The Balaban J connectivity index is -0.000000123. The first kappa shape index (κ1) is 153. The van der Waals surface area contributed by atoms with Crippen LogP contribution in [0.3, 0.4) is 0 Å². The van der Waals surface area contributed by atoms with Crippen LogP contribution in [0.25, 0.3) is 0 Å². The highest BCUT2D eigenvalue weighted by Crippen LogP contribution is 2.05. The quantitative estimate of drug-likeness (QED) is 0.0236. The van der Waals surface area contributed by atoms with E-state index in [2.05, 4.69) is 166 Å². The molecule has 136 heavy (non-hydrogen) atoms. The summed E-state index contributed by atoms with van der Waals surface area (Å²) in [7, 11) is -10.6. The Bertz CT molecular complexity index is 3000. The van der Waals surface area contributed by atoms with Crippen LogP contribution < -0.4 is 0 Å². The standard InChI is InChI=1S/2C9H18O3Si.2C9H18O2Si.2C8H16O3Si.2C8H16O2Si.C7H14O3Si.C7H14O2Si.C6H12O3Si.C6H12O2Si/c1-5-13(4)7-12-9(10)11-6-8(2)3;1-4-6-7-11-9(10)12-8-13(3)5-2;1-5-12(4)7-11-9(10)6-8(2)3;1-4-6-7-9(10)11-8-12(3)5-2;1-5-12(4)6-10-8(9)11-7(2)3;1-4-6-10-8(9)11-7-12(3)5-2;1-5-11(4)6-10-8(9)7(2)3;1-4-6-8(9)10-7-11(3)5-2;1-4-9-7(8)10-6-11(3)5-2;1-4-7(8)9-6-10(3)5-2;1-4-10(3)5-9-6(7)8-2;1-4-9(3)5-8-6(2)7/h5,8,13H,1,6-7H2,2-4H3;5,13H,2,4,6-8H2,1,3H3;5,8,12H,1,6-7H2,2-4H3;5,12H,2,4,6-8H2,1,3H3;5,7,12H,1,6H2,2-4H3;5,12H,2,4,6-7H2,1,3H3;5,7,11H,1,6H2,2-4H3;5,11H,2,4,6-7H2,1,3H3;5,11H,2,4,6H2,1,3H3;5,10H,2,4,6H2,1,3H3;4,10H,1,5H2,2-3H3;4,9H,1,5H2,2-3H3. The summed E-state index contributed by atoms with van der Waals surface area (Å²) in [6.45, 7) is 98.4. The van der Waals surface area contributed by atoms with Crippen molar-refractivity contribution in [2.45, 2.75) is 253 Å². The summed E-state index contributed by atoms with van der Waals surface area (Å²) < 4.78 is 86.5. The summed E-state index contributed by atoms with van der Waals surface area (Å²) in [5.74, 6) is 0.0994. The minimum atomic E-state index is -1.05. The third-order valence-electron chi connectivity index (χ3n) is 15.6. The monoisotopic (exact) mass is 2130 g/mol. The van der Waals surface area contributed by atoms with Gasteiger partial charge in [0.1, 0.15) is 106 Å². The fourth-order valence-electron chi connectivity index (χ4n) is 5.99. The van der Waals surface area contributed by atoms with E-state index in [9.17, 15) is 57.5 Å². The number of esters is 6. The number of hydrogen-bond acceptors (Lipinski definition) is 30. The van der Waals surface area contributed by atoms with E-state index in [1.807, 2.05) is 144 Å². The molecule has 0 radical (unpaired) electrons. The van der Waals surface area contributed by atoms with Crippen molar-refractivity contribution in [3.05, 3.63) is 147 Å². The van der Waals surface area contributed by atoms with Crippen LogP contribution in [0.15, 0.2) is 147 Å². The van der Waals surface area contributed by atoms with E-state index >= 15 is 0 Å². The Hall–Kier alpha value is -8.08. The van der Waals surface area contributed by atoms with Gasteiger partial charge in [0, 0.05) is 32.6 Å². The molecule has 0 heterocycles. The van der Waals surface area contributed by atoms with Crippen molar-refractivity contribution in [1.29, 1.82) is 0 Å². The number of hydrogen-bond donors (Lipinski definition) is 0. The minimum Gasteiger partial charge on any atom is -0.470 e. The number of carbonyl (C=O) groups excluding carboxylic acids is 12. The Morgan fingerprint density at radius 2 is 0.544 bits per heavy atom. The van der Waals surface area contributed by atoms with E-state index in [0.717, 1.165) is 38.5 Å². The number of rotatable bonds is 54. The Labute approximate surface area is 841 Å². The van der Waals surface area contributed by atoms with E-state index < -0.39 is 142 Å². The van der Waals surface area contributed by atoms with Gasteiger partial charge < -0.3 is 85.3 Å². The van der Waals surface area contributed by atoms with Crippen molar-refractivity contribution in [3.63, 3.8) is 0 Å². The van der Waals surface area contributed by atoms with E-state index in [-0.39, 0.29) is 47.8 Å². The molecule has 0 saturated carbocycles. The summed E-state index contributed by atoms with van der Waals surface area (Å²) in [5.41, 5.74) is 22.7. The van der Waals surface area contributed by atoms with E-state index in [0.29, 0.717) is 139 Å². The fraction of sp³-hybridized carbons (Fsp3) is 0.617. The lowest BCUT2D eigenvalue weighted by Gasteiger charge is -2.09. The lowest BCUT2D eigenvalue weighted by molar-refractivity contribution is -0.145. The number of carbonyl (C=O) groups is 12. The van der Waals surface area contributed by atoms with Gasteiger partial charge >= 0.3 is 72.7 Å². The van der Waals surface area contributed by atoms with Crippen LogP contribution in [-0.2, 0) is 114 Å². The molecule has 0 aliphatic rings. The molecule has 0 aromatic rings. The topological polar surface area (TPSA) is 371 Å². The molecule has 0 spiro atoms. The number of ether oxygens (including phenoxy) is 18. The fourth-order valence-corrected chi connectivity index (χ4v) is 12.7. The summed E-state index contributed by atoms with van der Waals surface area (Å²) >= 11 is 0. The summed E-state index contributed by atoms with van der Waals surface area (Å²) in [5, 5.41) is 0. The molecule has 0 fully saturated rings. The molecule has 12 atom stereocenters. The van der Waals surface area contributed by atoms with Crippen LogP contribution in [0.2, 0.25) is 78.6 Å². The molecular weight excluding hydrogens is 1950 g/mol. The Morgan fingerprint density at radius 1 is 0.272 bits per heavy atom. The molecule has 0 aromatic heterocycles. The zero-order valence-electron chi connectivity index (χ0n) is 89.3. The first-order valence-electron chi connectivity index (χ1n) is 47.0. The van der Waals surface area contributed by atoms with Gasteiger partial charge in [0.25, 0.3) is 0 Å². The van der Waals surface area contributed by atoms with Crippen molar-refractivity contribution < 1.29 is 143 Å². The highest BCUT2D eigenvalue weighted by atomic mass is 28.3. The van der Waals surface area contributed by atoms with Crippen molar-refractivity contribution >= 4 is 178 Å². The van der Waals surface area contributed by atoms with Gasteiger partial charge in [-0.3, -0.25) is 28.8 Å². The summed E-state index contributed by atoms with van der Waals surface area (Å²) in [6, 6.07) is 0. The van der Waals surface area contributed by atoms with Crippen LogP contribution in [0.1, 0.15) is 168 Å². The molecule has 0 rings (SSSR count). The van der Waals surface area contributed by atoms with Gasteiger partial charge in [-0.15, -0.1) is 147 Å². The van der Waals surface area contributed by atoms with E-state index in [4.69, 9.17) is 71.1 Å². The van der Waals surface area contributed by atoms with Crippen LogP contribution in [0.5, 0.6) is 0 Å². The molecule has 0 aliphatic carbocycles. The molecule has 42 heteroatoms. The Morgan fingerprint density at radius 3 is 0.809 bits per heavy atom. The van der Waals surface area contributed by atoms with Crippen molar-refractivity contribution in [2.24, 2.45) is 17.8 Å². The third-order valence-corrected chi connectivity index (χ3v) is 33.6. The number of unbranched alkanes of at least 4 members (excludes halogenated alkanes) is 2. The van der Waals surface area contributed by atoms with Crippen molar-refractivity contribution in [1.82, 2.24) is 0 Å². The molecule has 0 amide bonds. The molecule has 0 aromatic carbocycles. The van der Waals surface area contributed by atoms with Crippen LogP contribution in [0, 0.1) is 17.8 Å². The van der Waals surface area contributed by atoms with Crippen molar-refractivity contribution in [2.75, 3.05) is 108 Å². The van der Waals surface area contributed by atoms with Gasteiger partial charge in [-0.2, -0.15) is 0 Å². The second-order valence-corrected chi connectivity index (χ2v) is 65.7. The molecule has 0 N–H and O–H groups in total. The average molecular weight is 2140 g/mol. The SMILES string of the molecule is C=C[SiH](C)COC(=O)C(C)C.C=C[SiH](C)COC(=O)CC.C=C[SiH](C)COC(=O)CC(C)C.C=C[SiH](C)COC(=O)CCC.C=C[SiH](C)COC(=O)CCCC.C=C[SiH](C)COC(=O)OC.C=C[SiH](C)COC(=O)OC(C)C.C=C[SiH](C)COC(=O)OCC.C=C[SiH](C)COC(=O)OCC(C)C.C=C[SiH](C)COC(=O)OCCC.C=C[SiH](C)COC(=O)OCCCC.C=C[SiH](C)COC(C)=O. The van der Waals surface area contributed by atoms with E-state index in [1.54, 1.807) is 27.7 Å². The predicted octanol–water partition coefficient (Wildman–Crippen LogP) is 17.5. The smallest absolute Gasteiger partial charge is 0.470 e. The van der Waals surface area contributed by atoms with Crippen LogP contribution in [0.4, 0.5) is 28.8 Å². The average Bonchev–Trinajstić information content (AvgIpc) is 0.967. The molecule has 0 aliphatic heterocycles. The molecule has 30 nitrogen and oxygen atoms in total. The van der Waals surface area contributed by atoms with Crippen LogP contribution >= 0.6 is 0 Å². The van der Waals surface area contributed by atoms with Gasteiger partial charge in [0.05, 0.1) is 120 Å². The second-order valence-electron chi connectivity index (χ2n) is 32.6. The van der Waals surface area contributed by atoms with Gasteiger partial charge in [0.2, 0.25) is 0 Å².